The van der Waals surface area contributed by atoms with Crippen molar-refractivity contribution in [2.45, 2.75) is 20.4 Å². The summed E-state index contributed by atoms with van der Waals surface area (Å²) in [6.07, 6.45) is 0. The van der Waals surface area contributed by atoms with Crippen LogP contribution >= 0.6 is 0 Å². The number of aromatic nitrogens is 4. The normalized spacial score (nSPS) is 11.3. The van der Waals surface area contributed by atoms with Gasteiger partial charge in [0.05, 0.1) is 29.2 Å². The van der Waals surface area contributed by atoms with Gasteiger partial charge < -0.3 is 9.72 Å². The molecule has 6 nitrogen and oxygen atoms in total. The molecule has 0 saturated carbocycles. The van der Waals surface area contributed by atoms with E-state index in [9.17, 15) is 4.79 Å². The monoisotopic (exact) mass is 334 g/mol. The Morgan fingerprint density at radius 2 is 2.08 bits per heavy atom. The van der Waals surface area contributed by atoms with Crippen LogP contribution in [0.15, 0.2) is 36.4 Å². The van der Waals surface area contributed by atoms with Crippen LogP contribution in [-0.2, 0) is 11.3 Å². The first-order chi connectivity index (χ1) is 12.1. The fourth-order valence-electron chi connectivity index (χ4n) is 3.18. The molecular formula is C19H18N4O2. The predicted octanol–water partition coefficient (Wildman–Crippen LogP) is 3.69. The number of esters is 1. The van der Waals surface area contributed by atoms with Gasteiger partial charge in [-0.05, 0) is 37.6 Å². The number of rotatable bonds is 3. The molecule has 4 rings (SSSR count). The Morgan fingerprint density at radius 1 is 1.28 bits per heavy atom. The Hall–Kier alpha value is -3.15. The smallest absolute Gasteiger partial charge is 0.337 e. The molecule has 4 aromatic rings. The summed E-state index contributed by atoms with van der Waals surface area (Å²) in [6.45, 7) is 4.78. The van der Waals surface area contributed by atoms with Gasteiger partial charge in [-0.3, -0.25) is 4.68 Å². The molecule has 0 spiro atoms. The number of methoxy groups -OCH3 is 1. The third-order valence-corrected chi connectivity index (χ3v) is 4.38. The topological polar surface area (TPSA) is 72.8 Å². The molecule has 0 unspecified atom stereocenters. The maximum atomic E-state index is 11.8. The SMILES string of the molecule is CCn1nc(-c2nc3c(C)cc(C(=O)OC)cc3[nH]2)c2ccccc21. The molecule has 0 fully saturated rings. The van der Waals surface area contributed by atoms with E-state index < -0.39 is 0 Å². The Morgan fingerprint density at radius 3 is 2.84 bits per heavy atom. The molecule has 0 atom stereocenters. The molecule has 2 aromatic carbocycles. The number of imidazole rings is 1. The third kappa shape index (κ3) is 2.38. The van der Waals surface area contributed by atoms with Crippen LogP contribution in [0.1, 0.15) is 22.8 Å². The first-order valence-corrected chi connectivity index (χ1v) is 8.17. The molecular weight excluding hydrogens is 316 g/mol. The molecule has 6 heteroatoms. The van der Waals surface area contributed by atoms with Gasteiger partial charge >= 0.3 is 5.97 Å². The van der Waals surface area contributed by atoms with E-state index >= 15 is 0 Å². The molecule has 126 valence electrons. The molecule has 1 N–H and O–H groups in total. The molecule has 0 aliphatic carbocycles. The van der Waals surface area contributed by atoms with Crippen LogP contribution < -0.4 is 0 Å². The molecule has 0 radical (unpaired) electrons. The number of hydrogen-bond acceptors (Lipinski definition) is 4. The minimum Gasteiger partial charge on any atom is -0.465 e. The van der Waals surface area contributed by atoms with E-state index in [0.717, 1.165) is 39.7 Å². The summed E-state index contributed by atoms with van der Waals surface area (Å²) < 4.78 is 6.78. The van der Waals surface area contributed by atoms with Crippen LogP contribution in [0.3, 0.4) is 0 Å². The van der Waals surface area contributed by atoms with Crippen LogP contribution in [0.5, 0.6) is 0 Å². The molecule has 25 heavy (non-hydrogen) atoms. The average Bonchev–Trinajstić information content (AvgIpc) is 3.22. The first kappa shape index (κ1) is 15.4. The lowest BCUT2D eigenvalue weighted by molar-refractivity contribution is 0.0601. The van der Waals surface area contributed by atoms with Crippen LogP contribution in [-0.4, -0.2) is 32.8 Å². The highest BCUT2D eigenvalue weighted by Gasteiger charge is 2.17. The van der Waals surface area contributed by atoms with Crippen molar-refractivity contribution in [3.63, 3.8) is 0 Å². The molecule has 0 amide bonds. The van der Waals surface area contributed by atoms with Gasteiger partial charge in [-0.15, -0.1) is 0 Å². The number of fused-ring (bicyclic) bond motifs is 2. The summed E-state index contributed by atoms with van der Waals surface area (Å²) >= 11 is 0. The van der Waals surface area contributed by atoms with Crippen molar-refractivity contribution in [1.29, 1.82) is 0 Å². The zero-order chi connectivity index (χ0) is 17.6. The van der Waals surface area contributed by atoms with E-state index in [1.54, 1.807) is 12.1 Å². The van der Waals surface area contributed by atoms with Gasteiger partial charge in [-0.1, -0.05) is 18.2 Å². The largest absolute Gasteiger partial charge is 0.465 e. The number of ether oxygens (including phenoxy) is 1. The van der Waals surface area contributed by atoms with Crippen molar-refractivity contribution in [3.8, 4) is 11.5 Å². The number of aryl methyl sites for hydroxylation is 2. The van der Waals surface area contributed by atoms with Crippen LogP contribution in [0, 0.1) is 6.92 Å². The van der Waals surface area contributed by atoms with Gasteiger partial charge in [0.15, 0.2) is 5.82 Å². The van der Waals surface area contributed by atoms with Crippen molar-refractivity contribution in [3.05, 3.63) is 47.5 Å². The first-order valence-electron chi connectivity index (χ1n) is 8.17. The summed E-state index contributed by atoms with van der Waals surface area (Å²) in [7, 11) is 1.38. The lowest BCUT2D eigenvalue weighted by Gasteiger charge is -2.01. The van der Waals surface area contributed by atoms with Gasteiger partial charge in [-0.25, -0.2) is 9.78 Å². The second-order valence-electron chi connectivity index (χ2n) is 5.95. The van der Waals surface area contributed by atoms with Crippen molar-refractivity contribution >= 4 is 27.9 Å². The third-order valence-electron chi connectivity index (χ3n) is 4.38. The lowest BCUT2D eigenvalue weighted by atomic mass is 10.1. The molecule has 0 aliphatic heterocycles. The van der Waals surface area contributed by atoms with Gasteiger partial charge in [0.1, 0.15) is 5.69 Å². The van der Waals surface area contributed by atoms with Crippen LogP contribution in [0.2, 0.25) is 0 Å². The van der Waals surface area contributed by atoms with E-state index in [1.807, 2.05) is 29.8 Å². The quantitative estimate of drug-likeness (QED) is 0.580. The van der Waals surface area contributed by atoms with Crippen LogP contribution in [0.4, 0.5) is 0 Å². The van der Waals surface area contributed by atoms with Crippen molar-refractivity contribution in [2.75, 3.05) is 7.11 Å². The highest BCUT2D eigenvalue weighted by Crippen LogP contribution is 2.29. The standard InChI is InChI=1S/C19H18N4O2/c1-4-23-15-8-6-5-7-13(15)17(22-23)18-20-14-10-12(19(24)25-3)9-11(2)16(14)21-18/h5-10H,4H2,1-3H3,(H,20,21). The zero-order valence-corrected chi connectivity index (χ0v) is 14.3. The summed E-state index contributed by atoms with van der Waals surface area (Å²) in [5, 5.41) is 5.76. The number of nitrogens with zero attached hydrogens (tertiary/aromatic N) is 3. The molecule has 0 aliphatic rings. The fraction of sp³-hybridized carbons (Fsp3) is 0.211. The van der Waals surface area contributed by atoms with Gasteiger partial charge in [0.2, 0.25) is 0 Å². The summed E-state index contributed by atoms with van der Waals surface area (Å²) in [5.74, 6) is 0.338. The Kier molecular flexibility index (Phi) is 3.53. The molecule has 0 bridgehead atoms. The minimum absolute atomic E-state index is 0.359. The number of hydrogen-bond donors (Lipinski definition) is 1. The molecule has 2 aromatic heterocycles. The Balaban J connectivity index is 1.94. The number of carbonyl (C=O) groups excluding carboxylic acids is 1. The number of carbonyl (C=O) groups is 1. The van der Waals surface area contributed by atoms with E-state index in [1.165, 1.54) is 7.11 Å². The number of nitrogens with one attached hydrogen (secondary N) is 1. The van der Waals surface area contributed by atoms with Crippen molar-refractivity contribution in [2.24, 2.45) is 0 Å². The van der Waals surface area contributed by atoms with Gasteiger partial charge in [-0.2, -0.15) is 5.10 Å². The highest BCUT2D eigenvalue weighted by molar-refractivity contribution is 5.97. The van der Waals surface area contributed by atoms with E-state index in [0.29, 0.717) is 11.4 Å². The number of H-pyrrole nitrogens is 1. The minimum atomic E-state index is -0.359. The van der Waals surface area contributed by atoms with E-state index in [2.05, 4.69) is 18.0 Å². The summed E-state index contributed by atoms with van der Waals surface area (Å²) in [6, 6.07) is 11.7. The molecule has 0 saturated heterocycles. The number of benzene rings is 2. The maximum absolute atomic E-state index is 11.8. The molecule has 2 heterocycles. The lowest BCUT2D eigenvalue weighted by Crippen LogP contribution is -2.01. The Bertz CT molecular complexity index is 1110. The van der Waals surface area contributed by atoms with Crippen molar-refractivity contribution in [1.82, 2.24) is 19.7 Å². The summed E-state index contributed by atoms with van der Waals surface area (Å²) in [5.41, 5.74) is 4.94. The van der Waals surface area contributed by atoms with E-state index in [4.69, 9.17) is 14.8 Å². The Labute approximate surface area is 144 Å². The van der Waals surface area contributed by atoms with Gasteiger partial charge in [0.25, 0.3) is 0 Å². The van der Waals surface area contributed by atoms with Crippen molar-refractivity contribution < 1.29 is 9.53 Å². The highest BCUT2D eigenvalue weighted by atomic mass is 16.5. The maximum Gasteiger partial charge on any atom is 0.337 e. The van der Waals surface area contributed by atoms with Gasteiger partial charge in [0, 0.05) is 11.9 Å². The fourth-order valence-corrected chi connectivity index (χ4v) is 3.18. The van der Waals surface area contributed by atoms with Crippen LogP contribution in [0.25, 0.3) is 33.5 Å². The second-order valence-corrected chi connectivity index (χ2v) is 5.95. The zero-order valence-electron chi connectivity index (χ0n) is 14.3. The second kappa shape index (κ2) is 5.73. The van der Waals surface area contributed by atoms with E-state index in [-0.39, 0.29) is 5.97 Å². The predicted molar refractivity (Wildman–Crippen MR) is 96.6 cm³/mol. The summed E-state index contributed by atoms with van der Waals surface area (Å²) in [4.78, 5) is 19.9. The number of aromatic amines is 1. The average molecular weight is 334 g/mol. The number of para-hydroxylation sites is 1.